The van der Waals surface area contributed by atoms with Crippen molar-refractivity contribution in [3.05, 3.63) is 18.0 Å². The van der Waals surface area contributed by atoms with Crippen LogP contribution in [0.2, 0.25) is 0 Å². The fourth-order valence-corrected chi connectivity index (χ4v) is 0.911. The number of hydrogen-bond acceptors (Lipinski definition) is 4. The van der Waals surface area contributed by atoms with Gasteiger partial charge >= 0.3 is 0 Å². The van der Waals surface area contributed by atoms with Crippen LogP contribution < -0.4 is 11.1 Å². The van der Waals surface area contributed by atoms with Crippen LogP contribution in [0.5, 0.6) is 0 Å². The normalized spacial score (nSPS) is 10.5. The first kappa shape index (κ1) is 9.92. The molecular weight excluding hydrogens is 164 g/mol. The van der Waals surface area contributed by atoms with Gasteiger partial charge in [0.25, 0.3) is 0 Å². The molecule has 0 fully saturated rings. The molecule has 0 aliphatic heterocycles. The summed E-state index contributed by atoms with van der Waals surface area (Å²) in [5.41, 5.74) is 6.49. The summed E-state index contributed by atoms with van der Waals surface area (Å²) in [6.45, 7) is 5.54. The first-order chi connectivity index (χ1) is 6.24. The van der Waals surface area contributed by atoms with Crippen LogP contribution in [0.3, 0.4) is 0 Å². The molecule has 4 heteroatoms. The Labute approximate surface area is 78.6 Å². The molecule has 0 aliphatic carbocycles. The van der Waals surface area contributed by atoms with Crippen molar-refractivity contribution in [2.24, 2.45) is 5.73 Å². The van der Waals surface area contributed by atoms with Crippen molar-refractivity contribution in [1.82, 2.24) is 9.97 Å². The third kappa shape index (κ3) is 2.99. The molecular formula is C9H16N4. The Morgan fingerprint density at radius 3 is 2.46 bits per heavy atom. The van der Waals surface area contributed by atoms with E-state index in [1.54, 1.807) is 0 Å². The number of anilines is 1. The van der Waals surface area contributed by atoms with E-state index < -0.39 is 0 Å². The number of aromatic nitrogens is 2. The van der Waals surface area contributed by atoms with Crippen molar-refractivity contribution < 1.29 is 0 Å². The van der Waals surface area contributed by atoms with Gasteiger partial charge < -0.3 is 11.1 Å². The van der Waals surface area contributed by atoms with Gasteiger partial charge in [-0.25, -0.2) is 9.97 Å². The largest absolute Gasteiger partial charge is 0.353 e. The molecule has 13 heavy (non-hydrogen) atoms. The lowest BCUT2D eigenvalue weighted by molar-refractivity contribution is 0.844. The summed E-state index contributed by atoms with van der Waals surface area (Å²) in [7, 11) is 0. The Morgan fingerprint density at radius 2 is 2.00 bits per heavy atom. The highest BCUT2D eigenvalue weighted by Crippen LogP contribution is 2.11. The van der Waals surface area contributed by atoms with Crippen LogP contribution in [0.25, 0.3) is 0 Å². The second-order valence-electron chi connectivity index (χ2n) is 3.21. The summed E-state index contributed by atoms with van der Waals surface area (Å²) >= 11 is 0. The number of hydrogen-bond donors (Lipinski definition) is 2. The van der Waals surface area contributed by atoms with E-state index in [4.69, 9.17) is 5.73 Å². The van der Waals surface area contributed by atoms with Crippen molar-refractivity contribution >= 4 is 5.95 Å². The second kappa shape index (κ2) is 4.77. The van der Waals surface area contributed by atoms with Gasteiger partial charge in [0, 0.05) is 25.5 Å². The van der Waals surface area contributed by atoms with Gasteiger partial charge in [0.2, 0.25) is 5.95 Å². The Hall–Kier alpha value is -1.16. The number of nitrogens with zero attached hydrogens (tertiary/aromatic N) is 2. The second-order valence-corrected chi connectivity index (χ2v) is 3.21. The van der Waals surface area contributed by atoms with Crippen LogP contribution in [0, 0.1) is 0 Å². The highest BCUT2D eigenvalue weighted by Gasteiger charge is 1.99. The number of nitrogens with one attached hydrogen (secondary N) is 1. The molecule has 1 heterocycles. The van der Waals surface area contributed by atoms with E-state index in [1.165, 1.54) is 0 Å². The predicted octanol–water partition coefficient (Wildman–Crippen LogP) is 0.971. The van der Waals surface area contributed by atoms with E-state index in [0.29, 0.717) is 25.0 Å². The summed E-state index contributed by atoms with van der Waals surface area (Å²) in [5.74, 6) is 1.12. The highest BCUT2D eigenvalue weighted by atomic mass is 15.1. The zero-order chi connectivity index (χ0) is 9.68. The minimum atomic E-state index is 0.476. The SMILES string of the molecule is CC(C)c1cnc(NCCN)nc1. The molecule has 0 bridgehead atoms. The monoisotopic (exact) mass is 180 g/mol. The zero-order valence-corrected chi connectivity index (χ0v) is 8.12. The average Bonchev–Trinajstić information content (AvgIpc) is 2.15. The Balaban J connectivity index is 2.59. The Morgan fingerprint density at radius 1 is 1.38 bits per heavy atom. The summed E-state index contributed by atoms with van der Waals surface area (Å²) < 4.78 is 0. The maximum absolute atomic E-state index is 5.34. The molecule has 3 N–H and O–H groups in total. The Bertz CT molecular complexity index is 242. The van der Waals surface area contributed by atoms with Crippen LogP contribution in [0.1, 0.15) is 25.3 Å². The first-order valence-electron chi connectivity index (χ1n) is 4.50. The van der Waals surface area contributed by atoms with Gasteiger partial charge in [-0.3, -0.25) is 0 Å². The van der Waals surface area contributed by atoms with E-state index in [-0.39, 0.29) is 0 Å². The molecule has 1 rings (SSSR count). The minimum Gasteiger partial charge on any atom is -0.353 e. The lowest BCUT2D eigenvalue weighted by atomic mass is 10.1. The van der Waals surface area contributed by atoms with E-state index in [2.05, 4.69) is 29.1 Å². The van der Waals surface area contributed by atoms with Crippen molar-refractivity contribution in [3.8, 4) is 0 Å². The highest BCUT2D eigenvalue weighted by molar-refractivity contribution is 5.25. The summed E-state index contributed by atoms with van der Waals surface area (Å²) in [5, 5.41) is 3.01. The van der Waals surface area contributed by atoms with E-state index >= 15 is 0 Å². The standard InChI is InChI=1S/C9H16N4/c1-7(2)8-5-12-9(13-6-8)11-4-3-10/h5-7H,3-4,10H2,1-2H3,(H,11,12,13). The molecule has 0 unspecified atom stereocenters. The molecule has 4 nitrogen and oxygen atoms in total. The molecule has 0 aromatic carbocycles. The molecule has 0 spiro atoms. The third-order valence-electron chi connectivity index (χ3n) is 1.77. The summed E-state index contributed by atoms with van der Waals surface area (Å²) in [6, 6.07) is 0. The van der Waals surface area contributed by atoms with Gasteiger partial charge in [0.15, 0.2) is 0 Å². The smallest absolute Gasteiger partial charge is 0.222 e. The quantitative estimate of drug-likeness (QED) is 0.724. The van der Waals surface area contributed by atoms with Gasteiger partial charge in [-0.15, -0.1) is 0 Å². The molecule has 0 atom stereocenters. The van der Waals surface area contributed by atoms with Gasteiger partial charge in [0.1, 0.15) is 0 Å². The fraction of sp³-hybridized carbons (Fsp3) is 0.556. The molecule has 0 aliphatic rings. The topological polar surface area (TPSA) is 63.8 Å². The molecule has 0 radical (unpaired) electrons. The molecule has 0 saturated heterocycles. The first-order valence-corrected chi connectivity index (χ1v) is 4.50. The molecule has 1 aromatic rings. The predicted molar refractivity (Wildman–Crippen MR) is 53.7 cm³/mol. The number of nitrogens with two attached hydrogens (primary N) is 1. The average molecular weight is 180 g/mol. The van der Waals surface area contributed by atoms with Gasteiger partial charge in [-0.1, -0.05) is 13.8 Å². The minimum absolute atomic E-state index is 0.476. The fourth-order valence-electron chi connectivity index (χ4n) is 0.911. The summed E-state index contributed by atoms with van der Waals surface area (Å²) in [6.07, 6.45) is 3.69. The summed E-state index contributed by atoms with van der Waals surface area (Å²) in [4.78, 5) is 8.32. The van der Waals surface area contributed by atoms with Crippen LogP contribution >= 0.6 is 0 Å². The van der Waals surface area contributed by atoms with Crippen molar-refractivity contribution in [2.75, 3.05) is 18.4 Å². The lowest BCUT2D eigenvalue weighted by Crippen LogP contribution is -2.14. The van der Waals surface area contributed by atoms with Crippen molar-refractivity contribution in [1.29, 1.82) is 0 Å². The third-order valence-corrected chi connectivity index (χ3v) is 1.77. The van der Waals surface area contributed by atoms with Gasteiger partial charge in [0.05, 0.1) is 0 Å². The van der Waals surface area contributed by atoms with Crippen molar-refractivity contribution in [3.63, 3.8) is 0 Å². The Kier molecular flexibility index (Phi) is 3.64. The van der Waals surface area contributed by atoms with E-state index in [1.807, 2.05) is 12.4 Å². The van der Waals surface area contributed by atoms with Crippen LogP contribution in [-0.2, 0) is 0 Å². The van der Waals surface area contributed by atoms with Crippen molar-refractivity contribution in [2.45, 2.75) is 19.8 Å². The van der Waals surface area contributed by atoms with Crippen LogP contribution in [-0.4, -0.2) is 23.1 Å². The van der Waals surface area contributed by atoms with Crippen LogP contribution in [0.15, 0.2) is 12.4 Å². The lowest BCUT2D eigenvalue weighted by Gasteiger charge is -2.05. The van der Waals surface area contributed by atoms with E-state index in [9.17, 15) is 0 Å². The zero-order valence-electron chi connectivity index (χ0n) is 8.12. The van der Waals surface area contributed by atoms with Crippen LogP contribution in [0.4, 0.5) is 5.95 Å². The number of rotatable bonds is 4. The molecule has 1 aromatic heterocycles. The molecule has 0 saturated carbocycles. The van der Waals surface area contributed by atoms with E-state index in [0.717, 1.165) is 5.56 Å². The maximum atomic E-state index is 5.34. The molecule has 0 amide bonds. The van der Waals surface area contributed by atoms with Gasteiger partial charge in [-0.2, -0.15) is 0 Å². The van der Waals surface area contributed by atoms with Gasteiger partial charge in [-0.05, 0) is 11.5 Å². The maximum Gasteiger partial charge on any atom is 0.222 e. The molecule has 72 valence electrons.